The Bertz CT molecular complexity index is 617. The van der Waals surface area contributed by atoms with Gasteiger partial charge in [-0.05, 0) is 38.1 Å². The van der Waals surface area contributed by atoms with E-state index in [1.54, 1.807) is 38.1 Å². The number of aryl methyl sites for hydroxylation is 1. The molecule has 90 valence electrons. The summed E-state index contributed by atoms with van der Waals surface area (Å²) in [7, 11) is 0. The molecular weight excluding hydrogens is 250 g/mol. The molecule has 2 aromatic rings. The SMILES string of the molecule is Cc1nc(Cl)c(C)c(Oc2ccc(C#N)cc2)n1. The van der Waals surface area contributed by atoms with Crippen LogP contribution in [0.25, 0.3) is 0 Å². The number of rotatable bonds is 2. The van der Waals surface area contributed by atoms with Crippen molar-refractivity contribution in [1.29, 1.82) is 5.26 Å². The van der Waals surface area contributed by atoms with Crippen molar-refractivity contribution in [3.63, 3.8) is 0 Å². The molecule has 0 spiro atoms. The second-order valence-corrected chi connectivity index (χ2v) is 4.09. The number of halogens is 1. The fourth-order valence-corrected chi connectivity index (χ4v) is 1.58. The molecule has 0 saturated carbocycles. The van der Waals surface area contributed by atoms with E-state index in [2.05, 4.69) is 9.97 Å². The summed E-state index contributed by atoms with van der Waals surface area (Å²) in [5.74, 6) is 1.58. The van der Waals surface area contributed by atoms with E-state index in [9.17, 15) is 0 Å². The lowest BCUT2D eigenvalue weighted by Gasteiger charge is -2.09. The van der Waals surface area contributed by atoms with E-state index in [4.69, 9.17) is 21.6 Å². The molecule has 0 bridgehead atoms. The highest BCUT2D eigenvalue weighted by atomic mass is 35.5. The van der Waals surface area contributed by atoms with Crippen LogP contribution < -0.4 is 4.74 Å². The zero-order chi connectivity index (χ0) is 13.1. The summed E-state index contributed by atoms with van der Waals surface area (Å²) in [6.45, 7) is 3.54. The molecule has 0 saturated heterocycles. The molecule has 4 nitrogen and oxygen atoms in total. The number of nitrogens with zero attached hydrogens (tertiary/aromatic N) is 3. The molecule has 18 heavy (non-hydrogen) atoms. The molecule has 0 radical (unpaired) electrons. The maximum Gasteiger partial charge on any atom is 0.226 e. The number of hydrogen-bond acceptors (Lipinski definition) is 4. The number of ether oxygens (including phenoxy) is 1. The van der Waals surface area contributed by atoms with Crippen molar-refractivity contribution in [2.24, 2.45) is 0 Å². The Labute approximate surface area is 110 Å². The molecule has 5 heteroatoms. The van der Waals surface area contributed by atoms with Gasteiger partial charge in [-0.3, -0.25) is 0 Å². The average Bonchev–Trinajstić information content (AvgIpc) is 2.36. The molecule has 1 heterocycles. The monoisotopic (exact) mass is 259 g/mol. The van der Waals surface area contributed by atoms with Crippen LogP contribution >= 0.6 is 11.6 Å². The van der Waals surface area contributed by atoms with Crippen LogP contribution in [-0.4, -0.2) is 9.97 Å². The molecule has 0 atom stereocenters. The summed E-state index contributed by atoms with van der Waals surface area (Å²) in [6.07, 6.45) is 0. The van der Waals surface area contributed by atoms with Gasteiger partial charge in [-0.1, -0.05) is 11.6 Å². The fourth-order valence-electron chi connectivity index (χ4n) is 1.38. The Morgan fingerprint density at radius 3 is 2.44 bits per heavy atom. The summed E-state index contributed by atoms with van der Waals surface area (Å²) >= 11 is 5.96. The summed E-state index contributed by atoms with van der Waals surface area (Å²) in [5, 5.41) is 9.09. The van der Waals surface area contributed by atoms with Crippen LogP contribution in [-0.2, 0) is 0 Å². The summed E-state index contributed by atoms with van der Waals surface area (Å²) in [4.78, 5) is 8.22. The zero-order valence-corrected chi connectivity index (χ0v) is 10.7. The molecule has 1 aromatic heterocycles. The minimum absolute atomic E-state index is 0.381. The van der Waals surface area contributed by atoms with Gasteiger partial charge in [-0.15, -0.1) is 0 Å². The van der Waals surface area contributed by atoms with Crippen LogP contribution in [0.3, 0.4) is 0 Å². The molecular formula is C13H10ClN3O. The predicted molar refractivity (Wildman–Crippen MR) is 67.7 cm³/mol. The van der Waals surface area contributed by atoms with Crippen molar-refractivity contribution in [2.45, 2.75) is 13.8 Å². The first kappa shape index (κ1) is 12.3. The van der Waals surface area contributed by atoms with E-state index in [0.29, 0.717) is 33.7 Å². The molecule has 0 amide bonds. The van der Waals surface area contributed by atoms with E-state index in [1.165, 1.54) is 0 Å². The lowest BCUT2D eigenvalue weighted by molar-refractivity contribution is 0.455. The van der Waals surface area contributed by atoms with Gasteiger partial charge in [0.15, 0.2) is 0 Å². The van der Waals surface area contributed by atoms with Crippen molar-refractivity contribution >= 4 is 11.6 Å². The molecule has 1 aromatic carbocycles. The molecule has 0 aliphatic rings. The van der Waals surface area contributed by atoms with E-state index < -0.39 is 0 Å². The van der Waals surface area contributed by atoms with Crippen LogP contribution in [0.5, 0.6) is 11.6 Å². The Balaban J connectivity index is 2.31. The number of nitriles is 1. The van der Waals surface area contributed by atoms with Crippen molar-refractivity contribution < 1.29 is 4.74 Å². The van der Waals surface area contributed by atoms with Crippen molar-refractivity contribution in [2.75, 3.05) is 0 Å². The predicted octanol–water partition coefficient (Wildman–Crippen LogP) is 3.41. The van der Waals surface area contributed by atoms with Crippen molar-refractivity contribution in [3.05, 3.63) is 46.4 Å². The highest BCUT2D eigenvalue weighted by Gasteiger charge is 2.09. The third-order valence-corrected chi connectivity index (χ3v) is 2.72. The van der Waals surface area contributed by atoms with E-state index in [0.717, 1.165) is 0 Å². The Hall–Kier alpha value is -2.12. The third-order valence-electron chi connectivity index (χ3n) is 2.35. The van der Waals surface area contributed by atoms with Gasteiger partial charge in [0.05, 0.1) is 11.6 Å². The summed E-state index contributed by atoms with van der Waals surface area (Å²) in [6, 6.07) is 8.83. The van der Waals surface area contributed by atoms with Crippen LogP contribution in [0.15, 0.2) is 24.3 Å². The topological polar surface area (TPSA) is 58.8 Å². The largest absolute Gasteiger partial charge is 0.439 e. The van der Waals surface area contributed by atoms with Gasteiger partial charge < -0.3 is 4.74 Å². The minimum atomic E-state index is 0.381. The van der Waals surface area contributed by atoms with Crippen LogP contribution in [0.1, 0.15) is 17.0 Å². The van der Waals surface area contributed by atoms with Crippen LogP contribution in [0, 0.1) is 25.2 Å². The highest BCUT2D eigenvalue weighted by molar-refractivity contribution is 6.30. The quantitative estimate of drug-likeness (QED) is 0.776. The van der Waals surface area contributed by atoms with E-state index in [-0.39, 0.29) is 0 Å². The van der Waals surface area contributed by atoms with Crippen LogP contribution in [0.4, 0.5) is 0 Å². The minimum Gasteiger partial charge on any atom is -0.439 e. The van der Waals surface area contributed by atoms with E-state index >= 15 is 0 Å². The van der Waals surface area contributed by atoms with Gasteiger partial charge >= 0.3 is 0 Å². The Kier molecular flexibility index (Phi) is 3.45. The van der Waals surface area contributed by atoms with E-state index in [1.807, 2.05) is 6.07 Å². The first-order valence-electron chi connectivity index (χ1n) is 5.29. The highest BCUT2D eigenvalue weighted by Crippen LogP contribution is 2.26. The molecule has 0 fully saturated rings. The smallest absolute Gasteiger partial charge is 0.226 e. The van der Waals surface area contributed by atoms with Gasteiger partial charge in [0, 0.05) is 5.56 Å². The first-order valence-corrected chi connectivity index (χ1v) is 5.66. The zero-order valence-electron chi connectivity index (χ0n) is 9.94. The first-order chi connectivity index (χ1) is 8.60. The summed E-state index contributed by atoms with van der Waals surface area (Å²) < 4.78 is 5.63. The molecule has 2 rings (SSSR count). The third kappa shape index (κ3) is 2.58. The maximum atomic E-state index is 8.71. The lowest BCUT2D eigenvalue weighted by atomic mass is 10.2. The number of hydrogen-bond donors (Lipinski definition) is 0. The van der Waals surface area contributed by atoms with Crippen LogP contribution in [0.2, 0.25) is 5.15 Å². The fraction of sp³-hybridized carbons (Fsp3) is 0.154. The summed E-state index contributed by atoms with van der Waals surface area (Å²) in [5.41, 5.74) is 1.27. The lowest BCUT2D eigenvalue weighted by Crippen LogP contribution is -1.97. The Morgan fingerprint density at radius 2 is 1.83 bits per heavy atom. The van der Waals surface area contributed by atoms with Crippen molar-refractivity contribution in [1.82, 2.24) is 9.97 Å². The van der Waals surface area contributed by atoms with Gasteiger partial charge in [-0.25, -0.2) is 4.98 Å². The molecule has 0 aliphatic heterocycles. The Morgan fingerprint density at radius 1 is 1.17 bits per heavy atom. The van der Waals surface area contributed by atoms with Gasteiger partial charge in [-0.2, -0.15) is 10.2 Å². The van der Waals surface area contributed by atoms with Crippen molar-refractivity contribution in [3.8, 4) is 17.7 Å². The maximum absolute atomic E-state index is 8.71. The molecule has 0 aliphatic carbocycles. The number of aromatic nitrogens is 2. The van der Waals surface area contributed by atoms with Gasteiger partial charge in [0.25, 0.3) is 0 Å². The second kappa shape index (κ2) is 5.03. The molecule has 0 unspecified atom stereocenters. The standard InChI is InChI=1S/C13H10ClN3O/c1-8-12(14)16-9(2)17-13(8)18-11-5-3-10(7-15)4-6-11/h3-6H,1-2H3. The number of benzene rings is 1. The van der Waals surface area contributed by atoms with Gasteiger partial charge in [0.2, 0.25) is 5.88 Å². The van der Waals surface area contributed by atoms with Gasteiger partial charge in [0.1, 0.15) is 16.7 Å². The normalized spacial score (nSPS) is 9.89. The second-order valence-electron chi connectivity index (χ2n) is 3.73. The molecule has 0 N–H and O–H groups in total. The average molecular weight is 260 g/mol.